The Bertz CT molecular complexity index is 607. The molecule has 2 aliphatic rings. The van der Waals surface area contributed by atoms with Crippen LogP contribution in [0.1, 0.15) is 30.1 Å². The summed E-state index contributed by atoms with van der Waals surface area (Å²) in [5.74, 6) is 0. The molecule has 2 aliphatic heterocycles. The van der Waals surface area contributed by atoms with E-state index in [1.165, 1.54) is 24.1 Å². The summed E-state index contributed by atoms with van der Waals surface area (Å²) in [5, 5.41) is 11.9. The van der Waals surface area contributed by atoms with Crippen molar-refractivity contribution in [2.75, 3.05) is 0 Å². The first kappa shape index (κ1) is 10.5. The molecule has 4 heterocycles. The summed E-state index contributed by atoms with van der Waals surface area (Å²) in [6.07, 6.45) is 5.20. The van der Waals surface area contributed by atoms with Gasteiger partial charge in [-0.05, 0) is 25.0 Å². The fourth-order valence-electron chi connectivity index (χ4n) is 3.10. The van der Waals surface area contributed by atoms with Crippen LogP contribution in [0.5, 0.6) is 0 Å². The summed E-state index contributed by atoms with van der Waals surface area (Å²) >= 11 is 6.03. The van der Waals surface area contributed by atoms with E-state index < -0.39 is 0 Å². The highest BCUT2D eigenvalue weighted by atomic mass is 35.5. The average Bonchev–Trinajstić information content (AvgIpc) is 2.95. The van der Waals surface area contributed by atoms with Gasteiger partial charge in [0.15, 0.2) is 0 Å². The zero-order valence-electron chi connectivity index (χ0n) is 9.78. The van der Waals surface area contributed by atoms with Gasteiger partial charge in [0.25, 0.3) is 0 Å². The molecular formula is C13H13ClN4. The molecule has 5 heteroatoms. The molecule has 0 spiro atoms. The van der Waals surface area contributed by atoms with Crippen LogP contribution in [-0.4, -0.2) is 21.2 Å². The molecule has 2 N–H and O–H groups in total. The highest BCUT2D eigenvalue weighted by Crippen LogP contribution is 2.39. The molecule has 92 valence electrons. The number of fused-ring (bicyclic) bond motifs is 4. The van der Waals surface area contributed by atoms with Crippen LogP contribution in [0.15, 0.2) is 18.3 Å². The number of hydrogen-bond donors (Lipinski definition) is 2. The molecule has 1 fully saturated rings. The van der Waals surface area contributed by atoms with Crippen molar-refractivity contribution in [3.05, 3.63) is 34.6 Å². The second kappa shape index (κ2) is 3.80. The van der Waals surface area contributed by atoms with Gasteiger partial charge < -0.3 is 5.32 Å². The summed E-state index contributed by atoms with van der Waals surface area (Å²) in [6.45, 7) is 0. The second-order valence-electron chi connectivity index (χ2n) is 5.02. The number of nitrogens with one attached hydrogen (secondary N) is 2. The van der Waals surface area contributed by atoms with Gasteiger partial charge in [-0.25, -0.2) is 0 Å². The van der Waals surface area contributed by atoms with E-state index in [0.717, 1.165) is 17.8 Å². The highest BCUT2D eigenvalue weighted by Gasteiger charge is 2.36. The number of rotatable bonds is 1. The van der Waals surface area contributed by atoms with Crippen LogP contribution < -0.4 is 5.32 Å². The molecule has 2 unspecified atom stereocenters. The van der Waals surface area contributed by atoms with Crippen molar-refractivity contribution in [2.24, 2.45) is 0 Å². The first-order chi connectivity index (χ1) is 8.81. The lowest BCUT2D eigenvalue weighted by molar-refractivity contribution is 0.511. The van der Waals surface area contributed by atoms with Crippen molar-refractivity contribution in [2.45, 2.75) is 31.3 Å². The van der Waals surface area contributed by atoms with E-state index in [0.29, 0.717) is 17.1 Å². The van der Waals surface area contributed by atoms with Gasteiger partial charge in [0.05, 0.1) is 5.69 Å². The molecular weight excluding hydrogens is 248 g/mol. The van der Waals surface area contributed by atoms with Crippen LogP contribution in [0, 0.1) is 0 Å². The molecule has 18 heavy (non-hydrogen) atoms. The van der Waals surface area contributed by atoms with Gasteiger partial charge in [0.1, 0.15) is 5.69 Å². The van der Waals surface area contributed by atoms with Gasteiger partial charge in [-0.3, -0.25) is 10.1 Å². The Hall–Kier alpha value is -1.39. The monoisotopic (exact) mass is 260 g/mol. The molecule has 4 rings (SSSR count). The van der Waals surface area contributed by atoms with Crippen LogP contribution >= 0.6 is 11.6 Å². The normalized spacial score (nSPS) is 25.2. The molecule has 2 atom stereocenters. The van der Waals surface area contributed by atoms with E-state index in [1.807, 2.05) is 6.07 Å². The quantitative estimate of drug-likeness (QED) is 0.828. The molecule has 0 aromatic carbocycles. The predicted molar refractivity (Wildman–Crippen MR) is 69.4 cm³/mol. The van der Waals surface area contributed by atoms with E-state index in [4.69, 9.17) is 11.6 Å². The Morgan fingerprint density at radius 2 is 2.28 bits per heavy atom. The Morgan fingerprint density at radius 3 is 3.17 bits per heavy atom. The van der Waals surface area contributed by atoms with Gasteiger partial charge in [0, 0.05) is 41.0 Å². The Kier molecular flexibility index (Phi) is 2.22. The number of halogens is 1. The summed E-state index contributed by atoms with van der Waals surface area (Å²) in [6, 6.07) is 4.70. The third-order valence-electron chi connectivity index (χ3n) is 3.89. The number of pyridine rings is 1. The Labute approximate surface area is 110 Å². The molecule has 0 radical (unpaired) electrons. The number of aromatic nitrogens is 3. The third kappa shape index (κ3) is 1.49. The van der Waals surface area contributed by atoms with Crippen LogP contribution in [0.25, 0.3) is 11.4 Å². The van der Waals surface area contributed by atoms with Gasteiger partial charge >= 0.3 is 0 Å². The predicted octanol–water partition coefficient (Wildman–Crippen LogP) is 2.47. The summed E-state index contributed by atoms with van der Waals surface area (Å²) in [4.78, 5) is 4.38. The Morgan fingerprint density at radius 1 is 1.33 bits per heavy atom. The maximum Gasteiger partial charge on any atom is 0.116 e. The van der Waals surface area contributed by atoms with Crippen molar-refractivity contribution in [3.63, 3.8) is 0 Å². The van der Waals surface area contributed by atoms with Crippen LogP contribution in [0.3, 0.4) is 0 Å². The number of hydrogen-bond acceptors (Lipinski definition) is 3. The van der Waals surface area contributed by atoms with E-state index in [2.05, 4.69) is 20.5 Å². The standard InChI is InChI=1S/C13H13ClN4/c14-7-3-4-15-11(5-7)13-12-9-2-1-8(16-9)6-10(12)17-18-13/h3-5,8-9,16H,1-2,6H2,(H,17,18). The van der Waals surface area contributed by atoms with Crippen LogP contribution in [0.4, 0.5) is 0 Å². The lowest BCUT2D eigenvalue weighted by Gasteiger charge is -2.21. The summed E-state index contributed by atoms with van der Waals surface area (Å²) in [5.41, 5.74) is 4.36. The van der Waals surface area contributed by atoms with Gasteiger partial charge in [-0.15, -0.1) is 0 Å². The first-order valence-electron chi connectivity index (χ1n) is 6.26. The minimum atomic E-state index is 0.424. The molecule has 2 aromatic rings. The maximum atomic E-state index is 6.03. The first-order valence-corrected chi connectivity index (χ1v) is 6.64. The topological polar surface area (TPSA) is 53.6 Å². The molecule has 2 bridgehead atoms. The van der Waals surface area contributed by atoms with Gasteiger partial charge in [0.2, 0.25) is 0 Å². The van der Waals surface area contributed by atoms with Crippen LogP contribution in [0.2, 0.25) is 5.02 Å². The Balaban J connectivity index is 1.86. The third-order valence-corrected chi connectivity index (χ3v) is 4.12. The number of aromatic amines is 1. The van der Waals surface area contributed by atoms with Crippen molar-refractivity contribution < 1.29 is 0 Å². The minimum absolute atomic E-state index is 0.424. The zero-order valence-corrected chi connectivity index (χ0v) is 10.5. The molecule has 0 amide bonds. The summed E-state index contributed by atoms with van der Waals surface area (Å²) < 4.78 is 0. The molecule has 2 aromatic heterocycles. The van der Waals surface area contributed by atoms with Crippen molar-refractivity contribution in [1.29, 1.82) is 0 Å². The largest absolute Gasteiger partial charge is 0.307 e. The SMILES string of the molecule is Clc1ccnc(-c2n[nH]c3c2C2CCC(C3)N2)c1. The number of nitrogens with zero attached hydrogens (tertiary/aromatic N) is 2. The fraction of sp³-hybridized carbons (Fsp3) is 0.385. The van der Waals surface area contributed by atoms with Gasteiger partial charge in [-0.2, -0.15) is 5.10 Å². The smallest absolute Gasteiger partial charge is 0.116 e. The fourth-order valence-corrected chi connectivity index (χ4v) is 3.26. The molecule has 0 saturated carbocycles. The van der Waals surface area contributed by atoms with Crippen molar-refractivity contribution in [1.82, 2.24) is 20.5 Å². The second-order valence-corrected chi connectivity index (χ2v) is 5.46. The number of H-pyrrole nitrogens is 1. The van der Waals surface area contributed by atoms with E-state index in [1.54, 1.807) is 12.3 Å². The van der Waals surface area contributed by atoms with Gasteiger partial charge in [-0.1, -0.05) is 11.6 Å². The van der Waals surface area contributed by atoms with Crippen molar-refractivity contribution in [3.8, 4) is 11.4 Å². The molecule has 0 aliphatic carbocycles. The maximum absolute atomic E-state index is 6.03. The summed E-state index contributed by atoms with van der Waals surface area (Å²) in [7, 11) is 0. The average molecular weight is 261 g/mol. The molecule has 4 nitrogen and oxygen atoms in total. The van der Waals surface area contributed by atoms with E-state index in [9.17, 15) is 0 Å². The van der Waals surface area contributed by atoms with Crippen molar-refractivity contribution >= 4 is 11.6 Å². The van der Waals surface area contributed by atoms with E-state index >= 15 is 0 Å². The molecule has 1 saturated heterocycles. The van der Waals surface area contributed by atoms with E-state index in [-0.39, 0.29) is 0 Å². The van der Waals surface area contributed by atoms with Crippen LogP contribution in [-0.2, 0) is 6.42 Å². The highest BCUT2D eigenvalue weighted by molar-refractivity contribution is 6.30. The lowest BCUT2D eigenvalue weighted by atomic mass is 9.98. The lowest BCUT2D eigenvalue weighted by Crippen LogP contribution is -2.31. The minimum Gasteiger partial charge on any atom is -0.307 e. The zero-order chi connectivity index (χ0) is 12.1.